The monoisotopic (exact) mass is 364 g/mol. The third-order valence-electron chi connectivity index (χ3n) is 4.77. The van der Waals surface area contributed by atoms with Gasteiger partial charge in [-0.3, -0.25) is 9.59 Å². The number of benzene rings is 1. The quantitative estimate of drug-likeness (QED) is 0.731. The first-order valence-corrected chi connectivity index (χ1v) is 8.89. The predicted octanol–water partition coefficient (Wildman–Crippen LogP) is 3.93. The zero-order valence-corrected chi connectivity index (χ0v) is 15.4. The van der Waals surface area contributed by atoms with Crippen molar-refractivity contribution in [1.82, 2.24) is 10.1 Å². The first-order chi connectivity index (χ1) is 12.9. The van der Waals surface area contributed by atoms with E-state index in [0.717, 1.165) is 24.1 Å². The van der Waals surface area contributed by atoms with Crippen LogP contribution < -0.4 is 10.6 Å². The second-order valence-corrected chi connectivity index (χ2v) is 6.93. The lowest BCUT2D eigenvalue weighted by Gasteiger charge is -2.13. The second kappa shape index (κ2) is 6.50. The van der Waals surface area contributed by atoms with Crippen LogP contribution in [0.2, 0.25) is 0 Å². The smallest absolute Gasteiger partial charge is 0.259 e. The van der Waals surface area contributed by atoms with Crippen LogP contribution in [0, 0.1) is 13.8 Å². The lowest BCUT2D eigenvalue weighted by atomic mass is 10.1. The van der Waals surface area contributed by atoms with Crippen LogP contribution in [-0.2, 0) is 4.79 Å². The van der Waals surface area contributed by atoms with Gasteiger partial charge in [0, 0.05) is 29.9 Å². The molecule has 1 fully saturated rings. The van der Waals surface area contributed by atoms with E-state index >= 15 is 0 Å². The Morgan fingerprint density at radius 2 is 1.85 bits per heavy atom. The van der Waals surface area contributed by atoms with Crippen molar-refractivity contribution >= 4 is 34.3 Å². The summed E-state index contributed by atoms with van der Waals surface area (Å²) in [5, 5.41) is 10.3. The number of carbonyl (C=O) groups is 2. The normalized spacial score (nSPS) is 13.6. The molecule has 3 aromatic rings. The molecule has 1 aliphatic carbocycles. The van der Waals surface area contributed by atoms with Gasteiger partial charge in [-0.2, -0.15) is 0 Å². The van der Waals surface area contributed by atoms with Crippen molar-refractivity contribution in [3.05, 3.63) is 46.8 Å². The number of hydrogen-bond donors (Lipinski definition) is 2. The van der Waals surface area contributed by atoms with Gasteiger partial charge in [0.05, 0.1) is 16.6 Å². The van der Waals surface area contributed by atoms with Gasteiger partial charge in [-0.1, -0.05) is 11.2 Å². The van der Waals surface area contributed by atoms with E-state index in [4.69, 9.17) is 4.52 Å². The lowest BCUT2D eigenvalue weighted by Crippen LogP contribution is -2.15. The molecule has 0 bridgehead atoms. The maximum absolute atomic E-state index is 13.1. The van der Waals surface area contributed by atoms with Crippen molar-refractivity contribution in [2.24, 2.45) is 0 Å². The number of fused-ring (bicyclic) bond motifs is 1. The van der Waals surface area contributed by atoms with Gasteiger partial charge in [0.2, 0.25) is 5.91 Å². The van der Waals surface area contributed by atoms with Gasteiger partial charge >= 0.3 is 0 Å². The minimum Gasteiger partial charge on any atom is -0.336 e. The highest BCUT2D eigenvalue weighted by Crippen LogP contribution is 2.40. The molecule has 0 atom stereocenters. The van der Waals surface area contributed by atoms with Crippen molar-refractivity contribution in [1.29, 1.82) is 0 Å². The third kappa shape index (κ3) is 3.28. The number of pyridine rings is 1. The topological polar surface area (TPSA) is 97.1 Å². The molecule has 1 saturated carbocycles. The summed E-state index contributed by atoms with van der Waals surface area (Å²) in [6.45, 7) is 5.10. The Morgan fingerprint density at radius 1 is 1.15 bits per heavy atom. The average Bonchev–Trinajstić information content (AvgIpc) is 3.41. The molecule has 7 heteroatoms. The zero-order valence-electron chi connectivity index (χ0n) is 15.4. The number of nitrogens with zero attached hydrogens (tertiary/aromatic N) is 2. The Hall–Kier alpha value is -3.22. The molecule has 0 spiro atoms. The van der Waals surface area contributed by atoms with E-state index in [1.165, 1.54) is 6.92 Å². The standard InChI is InChI=1S/C20H20N4O3/c1-10-15(21-12(3)25)5-4-6-16(10)22-19(26)14-9-17(13-7-8-13)23-20-18(14)11(2)24-27-20/h4-6,9,13H,7-8H2,1-3H3,(H,21,25)(H,22,26). The summed E-state index contributed by atoms with van der Waals surface area (Å²) < 4.78 is 5.31. The molecule has 0 radical (unpaired) electrons. The lowest BCUT2D eigenvalue weighted by molar-refractivity contribution is -0.114. The van der Waals surface area contributed by atoms with E-state index in [1.54, 1.807) is 25.1 Å². The maximum Gasteiger partial charge on any atom is 0.259 e. The molecule has 1 aliphatic rings. The van der Waals surface area contributed by atoms with Crippen molar-refractivity contribution < 1.29 is 14.1 Å². The van der Waals surface area contributed by atoms with E-state index in [1.807, 2.05) is 13.0 Å². The Bertz CT molecular complexity index is 1070. The highest BCUT2D eigenvalue weighted by atomic mass is 16.5. The van der Waals surface area contributed by atoms with E-state index in [0.29, 0.717) is 39.6 Å². The number of aryl methyl sites for hydroxylation is 1. The molecule has 0 saturated heterocycles. The van der Waals surface area contributed by atoms with Crippen molar-refractivity contribution in [3.8, 4) is 0 Å². The number of anilines is 2. The molecule has 2 heterocycles. The minimum absolute atomic E-state index is 0.161. The largest absolute Gasteiger partial charge is 0.336 e. The molecule has 0 unspecified atom stereocenters. The number of aromatic nitrogens is 2. The van der Waals surface area contributed by atoms with Gasteiger partial charge in [-0.15, -0.1) is 0 Å². The van der Waals surface area contributed by atoms with Gasteiger partial charge in [-0.05, 0) is 50.5 Å². The summed E-state index contributed by atoms with van der Waals surface area (Å²) in [7, 11) is 0. The van der Waals surface area contributed by atoms with Crippen LogP contribution in [0.25, 0.3) is 11.1 Å². The van der Waals surface area contributed by atoms with Gasteiger partial charge < -0.3 is 15.2 Å². The van der Waals surface area contributed by atoms with Crippen LogP contribution in [0.3, 0.4) is 0 Å². The number of rotatable bonds is 4. The van der Waals surface area contributed by atoms with Crippen LogP contribution in [0.15, 0.2) is 28.8 Å². The molecule has 7 nitrogen and oxygen atoms in total. The fraction of sp³-hybridized carbons (Fsp3) is 0.300. The molecular formula is C20H20N4O3. The van der Waals surface area contributed by atoms with E-state index < -0.39 is 0 Å². The highest BCUT2D eigenvalue weighted by molar-refractivity contribution is 6.13. The maximum atomic E-state index is 13.1. The highest BCUT2D eigenvalue weighted by Gasteiger charge is 2.28. The molecule has 2 N–H and O–H groups in total. The van der Waals surface area contributed by atoms with Crippen LogP contribution in [0.4, 0.5) is 11.4 Å². The first-order valence-electron chi connectivity index (χ1n) is 8.89. The van der Waals surface area contributed by atoms with E-state index in [-0.39, 0.29) is 11.8 Å². The summed E-state index contributed by atoms with van der Waals surface area (Å²) in [6.07, 6.45) is 2.15. The summed E-state index contributed by atoms with van der Waals surface area (Å²) in [5.41, 5.74) is 4.49. The molecule has 2 aromatic heterocycles. The van der Waals surface area contributed by atoms with E-state index in [9.17, 15) is 9.59 Å². The molecule has 27 heavy (non-hydrogen) atoms. The fourth-order valence-corrected chi connectivity index (χ4v) is 3.17. The van der Waals surface area contributed by atoms with Crippen molar-refractivity contribution in [2.75, 3.05) is 10.6 Å². The van der Waals surface area contributed by atoms with Crippen molar-refractivity contribution in [3.63, 3.8) is 0 Å². The van der Waals surface area contributed by atoms with Gasteiger partial charge in [-0.25, -0.2) is 4.98 Å². The second-order valence-electron chi connectivity index (χ2n) is 6.93. The molecule has 2 amide bonds. The van der Waals surface area contributed by atoms with Gasteiger partial charge in [0.15, 0.2) is 0 Å². The Morgan fingerprint density at radius 3 is 2.52 bits per heavy atom. The van der Waals surface area contributed by atoms with Crippen LogP contribution in [-0.4, -0.2) is 22.0 Å². The summed E-state index contributed by atoms with van der Waals surface area (Å²) >= 11 is 0. The van der Waals surface area contributed by atoms with Crippen LogP contribution in [0.5, 0.6) is 0 Å². The number of nitrogens with one attached hydrogen (secondary N) is 2. The molecular weight excluding hydrogens is 344 g/mol. The number of hydrogen-bond acceptors (Lipinski definition) is 5. The van der Waals surface area contributed by atoms with Gasteiger partial charge in [0.1, 0.15) is 0 Å². The Labute approximate surface area is 156 Å². The molecule has 1 aromatic carbocycles. The van der Waals surface area contributed by atoms with Crippen LogP contribution >= 0.6 is 0 Å². The Balaban J connectivity index is 1.71. The predicted molar refractivity (Wildman–Crippen MR) is 102 cm³/mol. The van der Waals surface area contributed by atoms with Gasteiger partial charge in [0.25, 0.3) is 11.6 Å². The fourth-order valence-electron chi connectivity index (χ4n) is 3.17. The SMILES string of the molecule is CC(=O)Nc1cccc(NC(=O)c2cc(C3CC3)nc3onc(C)c23)c1C. The van der Waals surface area contributed by atoms with E-state index in [2.05, 4.69) is 20.8 Å². The summed E-state index contributed by atoms with van der Waals surface area (Å²) in [5.74, 6) is -0.0264. The summed E-state index contributed by atoms with van der Waals surface area (Å²) in [6, 6.07) is 7.23. The average molecular weight is 364 g/mol. The summed E-state index contributed by atoms with van der Waals surface area (Å²) in [4.78, 5) is 28.9. The molecule has 0 aliphatic heterocycles. The third-order valence-corrected chi connectivity index (χ3v) is 4.77. The van der Waals surface area contributed by atoms with Crippen molar-refractivity contribution in [2.45, 2.75) is 39.5 Å². The molecule has 138 valence electrons. The zero-order chi connectivity index (χ0) is 19.1. The Kier molecular flexibility index (Phi) is 4.14. The first kappa shape index (κ1) is 17.2. The minimum atomic E-state index is -0.251. The number of amides is 2. The number of carbonyl (C=O) groups excluding carboxylic acids is 2. The molecule has 4 rings (SSSR count). The van der Waals surface area contributed by atoms with Crippen LogP contribution in [0.1, 0.15) is 53.0 Å².